The first kappa shape index (κ1) is 53.0. The van der Waals surface area contributed by atoms with Gasteiger partial charge < -0.3 is 0 Å². The molecule has 0 atom stereocenters. The molecule has 13 rings (SSSR count). The van der Waals surface area contributed by atoms with Gasteiger partial charge >= 0.3 is 0 Å². The molecule has 3 heteroatoms. The summed E-state index contributed by atoms with van der Waals surface area (Å²) >= 11 is 0. The van der Waals surface area contributed by atoms with Crippen molar-refractivity contribution in [3.8, 4) is 100 Å². The Morgan fingerprint density at radius 3 is 0.873 bits per heavy atom. The van der Waals surface area contributed by atoms with Crippen LogP contribution in [0.15, 0.2) is 231 Å². The maximum absolute atomic E-state index is 3.66. The predicted octanol–water partition coefficient (Wildman–Crippen LogP) is 20.3. The average Bonchev–Trinajstić information content (AvgIpc) is 4.08. The molecule has 79 heavy (non-hydrogen) atoms. The molecule has 393 valence electrons. The number of benzene rings is 10. The summed E-state index contributed by atoms with van der Waals surface area (Å²) in [4.78, 5) is 0. The molecule has 0 N–H and O–H groups in total. The monoisotopic (exact) mass is 1200 g/mol. The van der Waals surface area contributed by atoms with Gasteiger partial charge in [-0.2, -0.15) is 0 Å². The standard InChI is InChI=1S/C49H31.C27H36N2.Au/c1-3-15-36-34(13-1)38-17-5-7-21-42(38)46-27-25-32(30-48(46)44-23-11-9-19-40(36)44)29-33-26-28-47-43-22-8-6-18-39(43)35-14-2-4-16-37(35)41-20-10-12-24-45(41)49(47)31-33;1-18(2)22-11-9-12-23(19(3)4)26(22)28-15-16-29(17-28)27-24(20(5)6)13-10-14-25(27)21(7)8;/h1-31H;9-16,18-21H,1-8H3;/q-1;;. The Morgan fingerprint density at radius 1 is 0.316 bits per heavy atom. The molecule has 11 aromatic rings. The molecule has 0 fully saturated rings. The van der Waals surface area contributed by atoms with Crippen LogP contribution in [0.2, 0.25) is 0 Å². The van der Waals surface area contributed by atoms with Crippen molar-refractivity contribution >= 4 is 0 Å². The van der Waals surface area contributed by atoms with E-state index in [0.717, 1.165) is 0 Å². The minimum Gasteiger partial charge on any atom is -0.298 e. The Labute approximate surface area is 484 Å². The van der Waals surface area contributed by atoms with Gasteiger partial charge in [-0.05, 0) is 135 Å². The third kappa shape index (κ3) is 9.89. The van der Waals surface area contributed by atoms with Gasteiger partial charge in [0.15, 0.2) is 0 Å². The molecule has 10 aromatic carbocycles. The Morgan fingerprint density at radius 2 is 0.582 bits per heavy atom. The van der Waals surface area contributed by atoms with Crippen molar-refractivity contribution in [3.05, 3.63) is 277 Å². The molecule has 1 radical (unpaired) electrons. The topological polar surface area (TPSA) is 8.81 Å². The summed E-state index contributed by atoms with van der Waals surface area (Å²) in [7, 11) is 0. The minimum atomic E-state index is 0. The Hall–Kier alpha value is -7.98. The summed E-state index contributed by atoms with van der Waals surface area (Å²) in [5.74, 6) is 1.84. The number of para-hydroxylation sites is 2. The van der Waals surface area contributed by atoms with Crippen molar-refractivity contribution in [2.45, 2.75) is 79.1 Å². The summed E-state index contributed by atoms with van der Waals surface area (Å²) in [5, 5.41) is 0. The zero-order valence-electron chi connectivity index (χ0n) is 46.5. The molecule has 2 aliphatic carbocycles. The molecule has 1 aromatic heterocycles. The third-order valence-electron chi connectivity index (χ3n) is 16.1. The zero-order valence-corrected chi connectivity index (χ0v) is 48.7. The Balaban J connectivity index is 0.000000189. The van der Waals surface area contributed by atoms with Crippen molar-refractivity contribution in [3.63, 3.8) is 0 Å². The van der Waals surface area contributed by atoms with Crippen LogP contribution in [0.1, 0.15) is 112 Å². The number of nitrogens with zero attached hydrogens (tertiary/aromatic N) is 2. The van der Waals surface area contributed by atoms with Crippen LogP contribution in [-0.4, -0.2) is 4.57 Å². The van der Waals surface area contributed by atoms with Crippen molar-refractivity contribution in [2.24, 2.45) is 0 Å². The van der Waals surface area contributed by atoms with Crippen LogP contribution in [-0.2, 0) is 22.4 Å². The van der Waals surface area contributed by atoms with Gasteiger partial charge in [0.1, 0.15) is 0 Å². The smallest absolute Gasteiger partial charge is 0.268 e. The summed E-state index contributed by atoms with van der Waals surface area (Å²) in [6, 6.07) is 80.4. The second kappa shape index (κ2) is 22.4. The van der Waals surface area contributed by atoms with E-state index < -0.39 is 0 Å². The van der Waals surface area contributed by atoms with Crippen molar-refractivity contribution in [2.75, 3.05) is 0 Å². The van der Waals surface area contributed by atoms with Crippen LogP contribution in [0, 0.1) is 12.7 Å². The van der Waals surface area contributed by atoms with E-state index in [2.05, 4.69) is 308 Å². The molecule has 0 saturated heterocycles. The van der Waals surface area contributed by atoms with Gasteiger partial charge in [0, 0.05) is 34.8 Å². The summed E-state index contributed by atoms with van der Waals surface area (Å²) < 4.78 is 4.40. The molecular weight excluding hydrogens is 1140 g/mol. The van der Waals surface area contributed by atoms with E-state index in [4.69, 9.17) is 0 Å². The number of imidazole rings is 1. The van der Waals surface area contributed by atoms with E-state index in [1.54, 1.807) is 0 Å². The van der Waals surface area contributed by atoms with Crippen molar-refractivity contribution < 1.29 is 26.9 Å². The molecular formula is C76H67AuN2-. The summed E-state index contributed by atoms with van der Waals surface area (Å²) in [6.45, 7) is 18.2. The van der Waals surface area contributed by atoms with Gasteiger partial charge in [0.05, 0.1) is 11.4 Å². The first-order chi connectivity index (χ1) is 38.0. The molecule has 2 aliphatic rings. The number of hydrogen-bond acceptors (Lipinski definition) is 0. The summed E-state index contributed by atoms with van der Waals surface area (Å²) in [6.07, 6.45) is 10.3. The van der Waals surface area contributed by atoms with Crippen LogP contribution in [0.5, 0.6) is 0 Å². The molecule has 0 amide bonds. The van der Waals surface area contributed by atoms with Crippen LogP contribution < -0.4 is 4.57 Å². The molecule has 0 saturated carbocycles. The van der Waals surface area contributed by atoms with E-state index in [0.29, 0.717) is 23.7 Å². The maximum atomic E-state index is 3.66. The number of rotatable bonds is 8. The van der Waals surface area contributed by atoms with Crippen molar-refractivity contribution in [1.29, 1.82) is 0 Å². The van der Waals surface area contributed by atoms with Crippen LogP contribution in [0.3, 0.4) is 0 Å². The van der Waals surface area contributed by atoms with E-state index in [-0.39, 0.29) is 22.4 Å². The minimum absolute atomic E-state index is 0. The molecule has 1 heterocycles. The van der Waals surface area contributed by atoms with Crippen LogP contribution in [0.4, 0.5) is 0 Å². The molecule has 0 unspecified atom stereocenters. The number of hydrogen-bond donors (Lipinski definition) is 0. The third-order valence-corrected chi connectivity index (χ3v) is 16.1. The van der Waals surface area contributed by atoms with Gasteiger partial charge in [0.2, 0.25) is 0 Å². The SMILES string of the molecule is CC(C)c1cccc(C(C)C)c1-n1[c-][n+](-c2c(C(C)C)cccc2C(C)C)cc1.[Au].c1ccc2c(c1)-c1ccccc1-c1ccc([CH-]c3ccc4c(c3)-c3ccccc3-c3ccccc3-c3ccccc3-4)cc1-c1ccccc1-2. The zero-order chi connectivity index (χ0) is 53.6. The normalized spacial score (nSPS) is 11.6. The van der Waals surface area contributed by atoms with E-state index in [1.807, 2.05) is 0 Å². The van der Waals surface area contributed by atoms with Gasteiger partial charge in [0.25, 0.3) is 6.33 Å². The van der Waals surface area contributed by atoms with Gasteiger partial charge in [-0.15, -0.1) is 41.8 Å². The predicted molar refractivity (Wildman–Crippen MR) is 328 cm³/mol. The number of aromatic nitrogens is 2. The van der Waals surface area contributed by atoms with Crippen LogP contribution in [0.25, 0.3) is 100 Å². The van der Waals surface area contributed by atoms with Gasteiger partial charge in [-0.25, -0.2) is 0 Å². The van der Waals surface area contributed by atoms with Crippen molar-refractivity contribution in [1.82, 2.24) is 4.57 Å². The second-order valence-corrected chi connectivity index (χ2v) is 22.4. The number of fused-ring (bicyclic) bond motifs is 16. The first-order valence-corrected chi connectivity index (χ1v) is 28.0. The Kier molecular flexibility index (Phi) is 15.0. The molecule has 0 spiro atoms. The largest absolute Gasteiger partial charge is 0.298 e. The fourth-order valence-corrected chi connectivity index (χ4v) is 12.3. The molecule has 0 bridgehead atoms. The quantitative estimate of drug-likeness (QED) is 0.0815. The van der Waals surface area contributed by atoms with Crippen LogP contribution >= 0.6 is 0 Å². The summed E-state index contributed by atoms with van der Waals surface area (Å²) in [5.41, 5.74) is 30.7. The van der Waals surface area contributed by atoms with Gasteiger partial charge in [-0.3, -0.25) is 9.13 Å². The molecule has 0 aliphatic heterocycles. The van der Waals surface area contributed by atoms with E-state index in [1.165, 1.54) is 134 Å². The fraction of sp³-hybridized carbons (Fsp3) is 0.158. The van der Waals surface area contributed by atoms with E-state index in [9.17, 15) is 0 Å². The molecule has 2 nitrogen and oxygen atoms in total. The first-order valence-electron chi connectivity index (χ1n) is 28.0. The fourth-order valence-electron chi connectivity index (χ4n) is 12.3. The Bertz CT molecular complexity index is 3710. The second-order valence-electron chi connectivity index (χ2n) is 22.4. The van der Waals surface area contributed by atoms with E-state index >= 15 is 0 Å². The average molecular weight is 1210 g/mol. The van der Waals surface area contributed by atoms with Gasteiger partial charge in [-0.1, -0.05) is 250 Å². The maximum Gasteiger partial charge on any atom is 0.268 e.